The summed E-state index contributed by atoms with van der Waals surface area (Å²) in [6, 6.07) is 1.71. The van der Waals surface area contributed by atoms with Crippen LogP contribution in [0.2, 0.25) is 0 Å². The summed E-state index contributed by atoms with van der Waals surface area (Å²) < 4.78 is 9.06. The van der Waals surface area contributed by atoms with E-state index in [2.05, 4.69) is 4.37 Å². The lowest BCUT2D eigenvalue weighted by Crippen LogP contribution is -1.85. The summed E-state index contributed by atoms with van der Waals surface area (Å²) in [5.74, 6) is 0.323. The van der Waals surface area contributed by atoms with Crippen molar-refractivity contribution in [1.29, 1.82) is 0 Å². The van der Waals surface area contributed by atoms with Crippen LogP contribution in [-0.4, -0.2) is 10.2 Å². The van der Waals surface area contributed by atoms with Crippen molar-refractivity contribution in [1.82, 2.24) is 4.37 Å². The second kappa shape index (κ2) is 2.17. The third-order valence-electron chi connectivity index (χ3n) is 1.40. The lowest BCUT2D eigenvalue weighted by molar-refractivity contribution is 0.0989. The highest BCUT2D eigenvalue weighted by molar-refractivity contribution is 7.04. The van der Waals surface area contributed by atoms with Crippen molar-refractivity contribution in [3.05, 3.63) is 17.2 Å². The van der Waals surface area contributed by atoms with E-state index in [0.717, 1.165) is 5.39 Å². The SMILES string of the molecule is CC(=O)c1cc2csnc2o1. The predicted molar refractivity (Wildman–Crippen MR) is 41.9 cm³/mol. The Morgan fingerprint density at radius 2 is 2.55 bits per heavy atom. The van der Waals surface area contributed by atoms with Gasteiger partial charge in [0, 0.05) is 12.3 Å². The summed E-state index contributed by atoms with van der Waals surface area (Å²) in [4.78, 5) is 10.8. The minimum absolute atomic E-state index is 0.0620. The van der Waals surface area contributed by atoms with Gasteiger partial charge in [0.2, 0.25) is 5.71 Å². The molecule has 0 saturated carbocycles. The molecule has 0 saturated heterocycles. The van der Waals surface area contributed by atoms with E-state index < -0.39 is 0 Å². The standard InChI is InChI=1S/C7H5NO2S/c1-4(9)6-2-5-3-11-8-7(5)10-6/h2-3H,1H3. The number of nitrogens with zero attached hydrogens (tertiary/aromatic N) is 1. The minimum Gasteiger partial charge on any atom is -0.434 e. The van der Waals surface area contributed by atoms with Crippen LogP contribution in [0.4, 0.5) is 0 Å². The molecule has 2 aromatic rings. The van der Waals surface area contributed by atoms with Gasteiger partial charge in [-0.25, -0.2) is 0 Å². The highest BCUT2D eigenvalue weighted by Gasteiger charge is 2.08. The van der Waals surface area contributed by atoms with Crippen molar-refractivity contribution in [2.24, 2.45) is 0 Å². The molecule has 2 heterocycles. The number of carbonyl (C=O) groups is 1. The molecule has 2 rings (SSSR count). The maximum Gasteiger partial charge on any atom is 0.238 e. The van der Waals surface area contributed by atoms with Crippen molar-refractivity contribution in [3.8, 4) is 0 Å². The lowest BCUT2D eigenvalue weighted by atomic mass is 10.3. The van der Waals surface area contributed by atoms with Gasteiger partial charge in [-0.2, -0.15) is 4.37 Å². The molecule has 0 unspecified atom stereocenters. The van der Waals surface area contributed by atoms with Crippen LogP contribution >= 0.6 is 11.5 Å². The Labute approximate surface area is 66.8 Å². The second-order valence-corrected chi connectivity index (χ2v) is 2.87. The number of ketones is 1. The third kappa shape index (κ3) is 0.952. The maximum absolute atomic E-state index is 10.8. The monoisotopic (exact) mass is 167 g/mol. The lowest BCUT2D eigenvalue weighted by Gasteiger charge is -1.81. The normalized spacial score (nSPS) is 10.6. The molecule has 2 aromatic heterocycles. The predicted octanol–water partition coefficient (Wildman–Crippen LogP) is 2.09. The van der Waals surface area contributed by atoms with Gasteiger partial charge in [0.1, 0.15) is 0 Å². The molecule has 0 aliphatic heterocycles. The van der Waals surface area contributed by atoms with Crippen molar-refractivity contribution in [3.63, 3.8) is 0 Å². The zero-order chi connectivity index (χ0) is 7.84. The molecule has 0 radical (unpaired) electrons. The third-order valence-corrected chi connectivity index (χ3v) is 2.03. The van der Waals surface area contributed by atoms with Gasteiger partial charge in [-0.05, 0) is 17.6 Å². The number of rotatable bonds is 1. The molecule has 0 aliphatic rings. The average Bonchev–Trinajstić information content (AvgIpc) is 2.40. The summed E-state index contributed by atoms with van der Waals surface area (Å²) in [7, 11) is 0. The van der Waals surface area contributed by atoms with Gasteiger partial charge in [-0.3, -0.25) is 4.79 Å². The van der Waals surface area contributed by atoms with Crippen LogP contribution in [0.25, 0.3) is 11.1 Å². The first-order valence-electron chi connectivity index (χ1n) is 3.12. The number of carbonyl (C=O) groups excluding carboxylic acids is 1. The molecule has 56 valence electrons. The molecule has 0 bridgehead atoms. The molecule has 0 fully saturated rings. The fourth-order valence-electron chi connectivity index (χ4n) is 0.856. The van der Waals surface area contributed by atoms with Crippen molar-refractivity contribution < 1.29 is 9.21 Å². The van der Waals surface area contributed by atoms with Gasteiger partial charge in [0.15, 0.2) is 11.5 Å². The fraction of sp³-hybridized carbons (Fsp3) is 0.143. The van der Waals surface area contributed by atoms with Crippen LogP contribution in [0.15, 0.2) is 15.9 Å². The Morgan fingerprint density at radius 3 is 3.18 bits per heavy atom. The molecule has 11 heavy (non-hydrogen) atoms. The van der Waals surface area contributed by atoms with E-state index in [-0.39, 0.29) is 5.78 Å². The van der Waals surface area contributed by atoms with Gasteiger partial charge in [-0.1, -0.05) is 0 Å². The van der Waals surface area contributed by atoms with Crippen LogP contribution in [0.1, 0.15) is 17.5 Å². The largest absolute Gasteiger partial charge is 0.434 e. The second-order valence-electron chi connectivity index (χ2n) is 2.24. The quantitative estimate of drug-likeness (QED) is 0.611. The van der Waals surface area contributed by atoms with E-state index in [9.17, 15) is 4.79 Å². The first kappa shape index (κ1) is 6.54. The van der Waals surface area contributed by atoms with E-state index >= 15 is 0 Å². The van der Waals surface area contributed by atoms with Gasteiger partial charge >= 0.3 is 0 Å². The van der Waals surface area contributed by atoms with Crippen molar-refractivity contribution in [2.45, 2.75) is 6.92 Å². The van der Waals surface area contributed by atoms with Gasteiger partial charge in [0.25, 0.3) is 0 Å². The Bertz CT molecular complexity index is 373. The summed E-state index contributed by atoms with van der Waals surface area (Å²) in [6.07, 6.45) is 0. The Kier molecular flexibility index (Phi) is 1.29. The fourth-order valence-corrected chi connectivity index (χ4v) is 1.43. The number of furan rings is 1. The van der Waals surface area contributed by atoms with Crippen LogP contribution in [0.3, 0.4) is 0 Å². The van der Waals surface area contributed by atoms with Gasteiger partial charge in [0.05, 0.1) is 5.39 Å². The smallest absolute Gasteiger partial charge is 0.238 e. The van der Waals surface area contributed by atoms with E-state index in [1.54, 1.807) is 6.07 Å². The van der Waals surface area contributed by atoms with Crippen LogP contribution in [0, 0.1) is 0 Å². The first-order chi connectivity index (χ1) is 5.27. The summed E-state index contributed by atoms with van der Waals surface area (Å²) in [5.41, 5.74) is 0.556. The summed E-state index contributed by atoms with van der Waals surface area (Å²) >= 11 is 1.32. The average molecular weight is 167 g/mol. The Balaban J connectivity index is 2.67. The van der Waals surface area contributed by atoms with Crippen molar-refractivity contribution >= 4 is 28.4 Å². The zero-order valence-corrected chi connectivity index (χ0v) is 6.64. The minimum atomic E-state index is -0.0620. The molecular formula is C7H5NO2S. The van der Waals surface area contributed by atoms with E-state index in [1.165, 1.54) is 18.5 Å². The Hall–Kier alpha value is -1.16. The summed E-state index contributed by atoms with van der Waals surface area (Å²) in [6.45, 7) is 1.47. The zero-order valence-electron chi connectivity index (χ0n) is 5.83. The Morgan fingerprint density at radius 1 is 1.73 bits per heavy atom. The molecular weight excluding hydrogens is 162 g/mol. The first-order valence-corrected chi connectivity index (χ1v) is 3.96. The highest BCUT2D eigenvalue weighted by Crippen LogP contribution is 2.19. The van der Waals surface area contributed by atoms with Gasteiger partial charge in [-0.15, -0.1) is 0 Å². The van der Waals surface area contributed by atoms with Crippen LogP contribution < -0.4 is 0 Å². The number of hydrogen-bond donors (Lipinski definition) is 0. The molecule has 0 spiro atoms. The topological polar surface area (TPSA) is 43.1 Å². The molecule has 0 amide bonds. The molecule has 0 atom stereocenters. The van der Waals surface area contributed by atoms with Crippen LogP contribution in [-0.2, 0) is 0 Å². The molecule has 0 aromatic carbocycles. The number of Topliss-reactive ketones (excluding diaryl/α,β-unsaturated/α-hetero) is 1. The molecule has 3 nitrogen and oxygen atoms in total. The number of fused-ring (bicyclic) bond motifs is 1. The van der Waals surface area contributed by atoms with E-state index in [1.807, 2.05) is 5.38 Å². The van der Waals surface area contributed by atoms with E-state index in [0.29, 0.717) is 11.5 Å². The molecule has 0 N–H and O–H groups in total. The number of aromatic nitrogens is 1. The molecule has 4 heteroatoms. The summed E-state index contributed by atoms with van der Waals surface area (Å²) in [5, 5.41) is 2.76. The van der Waals surface area contributed by atoms with E-state index in [4.69, 9.17) is 4.42 Å². The van der Waals surface area contributed by atoms with Crippen molar-refractivity contribution in [2.75, 3.05) is 0 Å². The number of hydrogen-bond acceptors (Lipinski definition) is 4. The molecule has 0 aliphatic carbocycles. The van der Waals surface area contributed by atoms with Gasteiger partial charge < -0.3 is 4.42 Å². The van der Waals surface area contributed by atoms with Crippen LogP contribution in [0.5, 0.6) is 0 Å². The highest BCUT2D eigenvalue weighted by atomic mass is 32.1. The maximum atomic E-state index is 10.8.